The van der Waals surface area contributed by atoms with Crippen LogP contribution < -0.4 is 5.32 Å². The van der Waals surface area contributed by atoms with Gasteiger partial charge in [0.25, 0.3) is 0 Å². The van der Waals surface area contributed by atoms with Crippen LogP contribution in [0.25, 0.3) is 0 Å². The van der Waals surface area contributed by atoms with E-state index in [1.54, 1.807) is 0 Å². The van der Waals surface area contributed by atoms with Gasteiger partial charge in [0.05, 0.1) is 0 Å². The van der Waals surface area contributed by atoms with Crippen molar-refractivity contribution in [1.29, 1.82) is 0 Å². The molecule has 2 rings (SSSR count). The molecule has 1 saturated carbocycles. The molecule has 0 aromatic carbocycles. The van der Waals surface area contributed by atoms with Gasteiger partial charge in [-0.3, -0.25) is 0 Å². The molecule has 1 aromatic rings. The van der Waals surface area contributed by atoms with Crippen molar-refractivity contribution in [2.75, 3.05) is 12.3 Å². The molecule has 0 amide bonds. The lowest BCUT2D eigenvalue weighted by Crippen LogP contribution is -2.33. The van der Waals surface area contributed by atoms with Crippen LogP contribution >= 0.6 is 11.8 Å². The van der Waals surface area contributed by atoms with Gasteiger partial charge in [-0.2, -0.15) is 0 Å². The molecule has 84 valence electrons. The first-order chi connectivity index (χ1) is 7.31. The van der Waals surface area contributed by atoms with E-state index in [9.17, 15) is 0 Å². The fourth-order valence-electron chi connectivity index (χ4n) is 1.78. The van der Waals surface area contributed by atoms with Crippen molar-refractivity contribution in [1.82, 2.24) is 14.9 Å². The molecule has 1 aromatic heterocycles. The Hall–Kier alpha value is -0.480. The summed E-state index contributed by atoms with van der Waals surface area (Å²) in [4.78, 5) is 4.33. The Labute approximate surface area is 95.7 Å². The molecule has 1 N–H and O–H groups in total. The van der Waals surface area contributed by atoms with E-state index in [0.717, 1.165) is 23.4 Å². The summed E-state index contributed by atoms with van der Waals surface area (Å²) in [6.07, 6.45) is 6.67. The number of nitrogens with one attached hydrogen (secondary N) is 1. The molecule has 1 unspecified atom stereocenters. The zero-order chi connectivity index (χ0) is 10.7. The molecule has 0 bridgehead atoms. The summed E-state index contributed by atoms with van der Waals surface area (Å²) in [5.41, 5.74) is 0. The average Bonchev–Trinajstić information content (AvgIpc) is 2.98. The zero-order valence-corrected chi connectivity index (χ0v) is 10.3. The highest BCUT2D eigenvalue weighted by Gasteiger charge is 2.30. The summed E-state index contributed by atoms with van der Waals surface area (Å²) in [5.74, 6) is 2.06. The molecule has 4 heteroatoms. The van der Waals surface area contributed by atoms with E-state index in [1.807, 2.05) is 24.2 Å². The van der Waals surface area contributed by atoms with Crippen molar-refractivity contribution in [2.24, 2.45) is 13.0 Å². The Morgan fingerprint density at radius 1 is 1.67 bits per heavy atom. The minimum absolute atomic E-state index is 0.678. The number of rotatable bonds is 6. The quantitative estimate of drug-likeness (QED) is 0.750. The van der Waals surface area contributed by atoms with Gasteiger partial charge in [0, 0.05) is 31.2 Å². The molecule has 0 saturated heterocycles. The summed E-state index contributed by atoms with van der Waals surface area (Å²) in [6.45, 7) is 3.25. The number of thioether (sulfide) groups is 1. The Morgan fingerprint density at radius 2 is 2.47 bits per heavy atom. The molecule has 0 radical (unpaired) electrons. The van der Waals surface area contributed by atoms with Crippen molar-refractivity contribution in [2.45, 2.75) is 31.0 Å². The molecular weight excluding hydrogens is 206 g/mol. The maximum atomic E-state index is 4.33. The Morgan fingerprint density at radius 3 is 3.00 bits per heavy atom. The van der Waals surface area contributed by atoms with Crippen LogP contribution in [0.3, 0.4) is 0 Å². The van der Waals surface area contributed by atoms with Crippen molar-refractivity contribution in [3.05, 3.63) is 12.4 Å². The van der Waals surface area contributed by atoms with Crippen molar-refractivity contribution in [3.63, 3.8) is 0 Å². The van der Waals surface area contributed by atoms with Crippen molar-refractivity contribution in [3.8, 4) is 0 Å². The van der Waals surface area contributed by atoms with Crippen LogP contribution in [0.2, 0.25) is 0 Å². The van der Waals surface area contributed by atoms with Crippen LogP contribution in [0, 0.1) is 5.92 Å². The zero-order valence-electron chi connectivity index (χ0n) is 9.44. The van der Waals surface area contributed by atoms with E-state index in [-0.39, 0.29) is 0 Å². The van der Waals surface area contributed by atoms with Crippen LogP contribution in [0.4, 0.5) is 0 Å². The largest absolute Gasteiger partial charge is 0.329 e. The Balaban J connectivity index is 1.82. The van der Waals surface area contributed by atoms with Crippen LogP contribution in [-0.4, -0.2) is 27.9 Å². The summed E-state index contributed by atoms with van der Waals surface area (Å²) < 4.78 is 2.08. The highest BCUT2D eigenvalue weighted by atomic mass is 32.2. The summed E-state index contributed by atoms with van der Waals surface area (Å²) in [5, 5.41) is 4.69. The molecule has 1 atom stereocenters. The van der Waals surface area contributed by atoms with Gasteiger partial charge in [-0.15, -0.1) is 0 Å². The van der Waals surface area contributed by atoms with Gasteiger partial charge in [0.15, 0.2) is 5.16 Å². The molecule has 0 spiro atoms. The molecule has 1 aliphatic carbocycles. The number of hydrogen-bond acceptors (Lipinski definition) is 3. The van der Waals surface area contributed by atoms with Crippen molar-refractivity contribution >= 4 is 11.8 Å². The normalized spacial score (nSPS) is 18.0. The number of nitrogens with zero attached hydrogens (tertiary/aromatic N) is 2. The van der Waals surface area contributed by atoms with Gasteiger partial charge >= 0.3 is 0 Å². The van der Waals surface area contributed by atoms with Crippen molar-refractivity contribution < 1.29 is 0 Å². The lowest BCUT2D eigenvalue weighted by Gasteiger charge is -2.16. The minimum atomic E-state index is 0.678. The third-order valence-electron chi connectivity index (χ3n) is 2.83. The van der Waals surface area contributed by atoms with E-state index >= 15 is 0 Å². The second-order valence-corrected chi connectivity index (χ2v) is 5.12. The third-order valence-corrected chi connectivity index (χ3v) is 4.00. The van der Waals surface area contributed by atoms with Gasteiger partial charge in [-0.25, -0.2) is 4.98 Å². The number of aromatic nitrogens is 2. The van der Waals surface area contributed by atoms with Gasteiger partial charge in [-0.1, -0.05) is 18.7 Å². The van der Waals surface area contributed by atoms with Crippen LogP contribution in [-0.2, 0) is 7.05 Å². The maximum Gasteiger partial charge on any atom is 0.167 e. The molecule has 3 nitrogen and oxygen atoms in total. The number of imidazole rings is 1. The second kappa shape index (κ2) is 5.03. The van der Waals surface area contributed by atoms with Gasteiger partial charge < -0.3 is 9.88 Å². The predicted molar refractivity (Wildman–Crippen MR) is 64.1 cm³/mol. The summed E-state index contributed by atoms with van der Waals surface area (Å²) in [6, 6.07) is 0.678. The fraction of sp³-hybridized carbons (Fsp3) is 0.727. The van der Waals surface area contributed by atoms with E-state index < -0.39 is 0 Å². The number of aryl methyl sites for hydroxylation is 1. The lowest BCUT2D eigenvalue weighted by atomic mass is 10.2. The van der Waals surface area contributed by atoms with Crippen LogP contribution in [0.1, 0.15) is 19.8 Å². The molecular formula is C11H19N3S. The first-order valence-electron chi connectivity index (χ1n) is 5.64. The first-order valence-corrected chi connectivity index (χ1v) is 6.63. The standard InChI is InChI=1S/C11H19N3S/c1-3-12-10(9-4-5-9)8-15-11-13-6-7-14(11)2/h6-7,9-10,12H,3-5,8H2,1-2H3. The van der Waals surface area contributed by atoms with Gasteiger partial charge in [-0.05, 0) is 25.3 Å². The highest BCUT2D eigenvalue weighted by molar-refractivity contribution is 7.99. The van der Waals surface area contributed by atoms with E-state index in [1.165, 1.54) is 12.8 Å². The van der Waals surface area contributed by atoms with E-state index in [4.69, 9.17) is 0 Å². The molecule has 1 fully saturated rings. The molecule has 1 aliphatic rings. The van der Waals surface area contributed by atoms with Crippen LogP contribution in [0.15, 0.2) is 17.6 Å². The number of hydrogen-bond donors (Lipinski definition) is 1. The Kier molecular flexibility index (Phi) is 3.70. The SMILES string of the molecule is CCNC(CSc1nccn1C)C1CC1. The monoisotopic (exact) mass is 225 g/mol. The Bertz CT molecular complexity index is 307. The molecule has 0 aliphatic heterocycles. The third kappa shape index (κ3) is 2.98. The van der Waals surface area contributed by atoms with E-state index in [0.29, 0.717) is 6.04 Å². The lowest BCUT2D eigenvalue weighted by molar-refractivity contribution is 0.519. The highest BCUT2D eigenvalue weighted by Crippen LogP contribution is 2.34. The fourth-order valence-corrected chi connectivity index (χ4v) is 2.90. The summed E-state index contributed by atoms with van der Waals surface area (Å²) in [7, 11) is 2.05. The van der Waals surface area contributed by atoms with Gasteiger partial charge in [0.2, 0.25) is 0 Å². The topological polar surface area (TPSA) is 29.9 Å². The second-order valence-electron chi connectivity index (χ2n) is 4.13. The molecule has 15 heavy (non-hydrogen) atoms. The predicted octanol–water partition coefficient (Wildman–Crippen LogP) is 1.90. The van der Waals surface area contributed by atoms with Crippen LogP contribution in [0.5, 0.6) is 0 Å². The maximum absolute atomic E-state index is 4.33. The average molecular weight is 225 g/mol. The first kappa shape index (κ1) is 11.0. The van der Waals surface area contributed by atoms with E-state index in [2.05, 4.69) is 28.8 Å². The van der Waals surface area contributed by atoms with Gasteiger partial charge in [0.1, 0.15) is 0 Å². The molecule has 1 heterocycles. The smallest absolute Gasteiger partial charge is 0.167 e. The summed E-state index contributed by atoms with van der Waals surface area (Å²) >= 11 is 1.86. The minimum Gasteiger partial charge on any atom is -0.329 e.